The highest BCUT2D eigenvalue weighted by atomic mass is 35.5. The quantitative estimate of drug-likeness (QED) is 0.259. The predicted octanol–water partition coefficient (Wildman–Crippen LogP) is 6.32. The molecule has 126 valence electrons. The first-order valence-corrected chi connectivity index (χ1v) is 8.63. The van der Waals surface area contributed by atoms with Gasteiger partial charge in [0.05, 0.1) is 11.6 Å². The Balaban J connectivity index is 1.94. The molecule has 0 bridgehead atoms. The Labute approximate surface area is 153 Å². The van der Waals surface area contributed by atoms with Crippen LogP contribution in [0.5, 0.6) is 0 Å². The zero-order valence-electron chi connectivity index (χ0n) is 13.9. The molecule has 26 heavy (non-hydrogen) atoms. The Morgan fingerprint density at radius 1 is 0.846 bits per heavy atom. The highest BCUT2D eigenvalue weighted by Gasteiger charge is 2.17. The third kappa shape index (κ3) is 2.11. The number of furan rings is 1. The molecule has 0 aliphatic carbocycles. The van der Waals surface area contributed by atoms with E-state index in [-0.39, 0.29) is 5.63 Å². The smallest absolute Gasteiger partial charge is 0.344 e. The first kappa shape index (κ1) is 15.2. The average molecular weight is 361 g/mol. The lowest BCUT2D eigenvalue weighted by molar-refractivity contribution is 0.564. The summed E-state index contributed by atoms with van der Waals surface area (Å²) in [7, 11) is 0. The molecule has 0 N–H and O–H groups in total. The Hall–Kier alpha value is -3.04. The van der Waals surface area contributed by atoms with Gasteiger partial charge in [-0.05, 0) is 42.1 Å². The van der Waals surface area contributed by atoms with Crippen molar-refractivity contribution >= 4 is 44.3 Å². The number of aryl methyl sites for hydroxylation is 1. The van der Waals surface area contributed by atoms with E-state index in [1.165, 1.54) is 0 Å². The monoisotopic (exact) mass is 360 g/mol. The highest BCUT2D eigenvalue weighted by molar-refractivity contribution is 6.30. The van der Waals surface area contributed by atoms with Crippen molar-refractivity contribution in [3.8, 4) is 11.1 Å². The largest absolute Gasteiger partial charge is 0.463 e. The summed E-state index contributed by atoms with van der Waals surface area (Å²) in [5.41, 5.74) is 3.78. The summed E-state index contributed by atoms with van der Waals surface area (Å²) < 4.78 is 11.4. The minimum absolute atomic E-state index is 0.333. The molecule has 0 amide bonds. The minimum Gasteiger partial charge on any atom is -0.463 e. The third-order valence-electron chi connectivity index (χ3n) is 4.83. The van der Waals surface area contributed by atoms with E-state index in [1.807, 2.05) is 55.5 Å². The number of benzene rings is 3. The van der Waals surface area contributed by atoms with Gasteiger partial charge in [-0.2, -0.15) is 0 Å². The fourth-order valence-electron chi connectivity index (χ4n) is 3.54. The summed E-state index contributed by atoms with van der Waals surface area (Å²) in [5.74, 6) is 0. The van der Waals surface area contributed by atoms with Crippen molar-refractivity contribution in [1.82, 2.24) is 0 Å². The van der Waals surface area contributed by atoms with E-state index in [1.54, 1.807) is 12.3 Å². The van der Waals surface area contributed by atoms with Crippen LogP contribution in [0.15, 0.2) is 74.5 Å². The van der Waals surface area contributed by atoms with Crippen LogP contribution in [0.1, 0.15) is 5.56 Å². The Morgan fingerprint density at radius 2 is 1.58 bits per heavy atom. The lowest BCUT2D eigenvalue weighted by atomic mass is 9.99. The van der Waals surface area contributed by atoms with Crippen LogP contribution < -0.4 is 5.63 Å². The van der Waals surface area contributed by atoms with Gasteiger partial charge in [-0.25, -0.2) is 4.79 Å². The van der Waals surface area contributed by atoms with Crippen molar-refractivity contribution in [1.29, 1.82) is 0 Å². The van der Waals surface area contributed by atoms with Gasteiger partial charge in [-0.3, -0.25) is 0 Å². The molecule has 5 rings (SSSR count). The standard InChI is InChI=1S/C22H13ClO3/c1-12-20-18(19(11-25-20)13-6-8-14(23)9-7-13)10-17-15-4-2-3-5-16(15)22(24)26-21(12)17/h2-11H,1H3. The van der Waals surface area contributed by atoms with Gasteiger partial charge < -0.3 is 8.83 Å². The summed E-state index contributed by atoms with van der Waals surface area (Å²) in [6.07, 6.45) is 1.74. The second-order valence-electron chi connectivity index (χ2n) is 6.35. The topological polar surface area (TPSA) is 43.4 Å². The molecule has 2 heterocycles. The number of halogens is 1. The van der Waals surface area contributed by atoms with Crippen LogP contribution in [0.2, 0.25) is 5.02 Å². The maximum absolute atomic E-state index is 12.3. The lowest BCUT2D eigenvalue weighted by Gasteiger charge is -2.06. The molecule has 0 radical (unpaired) electrons. The molecule has 0 spiro atoms. The molecule has 0 saturated heterocycles. The van der Waals surface area contributed by atoms with Gasteiger partial charge in [0.1, 0.15) is 11.2 Å². The van der Waals surface area contributed by atoms with Gasteiger partial charge in [-0.15, -0.1) is 0 Å². The van der Waals surface area contributed by atoms with Crippen molar-refractivity contribution in [2.24, 2.45) is 0 Å². The van der Waals surface area contributed by atoms with Crippen LogP contribution in [0, 0.1) is 6.92 Å². The average Bonchev–Trinajstić information content (AvgIpc) is 3.08. The van der Waals surface area contributed by atoms with Crippen LogP contribution in [0.3, 0.4) is 0 Å². The molecule has 0 saturated carbocycles. The maximum Gasteiger partial charge on any atom is 0.344 e. The summed E-state index contributed by atoms with van der Waals surface area (Å²) in [4.78, 5) is 12.3. The SMILES string of the molecule is Cc1c2occ(-c3ccc(Cl)cc3)c2cc2c1oc(=O)c1ccccc12. The molecule has 5 aromatic rings. The summed E-state index contributed by atoms with van der Waals surface area (Å²) in [6.45, 7) is 1.91. The van der Waals surface area contributed by atoms with Crippen LogP contribution in [0.25, 0.3) is 43.8 Å². The molecule has 0 atom stereocenters. The first-order chi connectivity index (χ1) is 12.6. The first-order valence-electron chi connectivity index (χ1n) is 8.26. The second kappa shape index (κ2) is 5.48. The Morgan fingerprint density at radius 3 is 2.35 bits per heavy atom. The van der Waals surface area contributed by atoms with Gasteiger partial charge in [0.25, 0.3) is 0 Å². The van der Waals surface area contributed by atoms with Crippen molar-refractivity contribution in [2.75, 3.05) is 0 Å². The second-order valence-corrected chi connectivity index (χ2v) is 6.78. The minimum atomic E-state index is -0.333. The maximum atomic E-state index is 12.3. The zero-order chi connectivity index (χ0) is 17.8. The molecule has 2 aromatic heterocycles. The predicted molar refractivity (Wildman–Crippen MR) is 105 cm³/mol. The number of hydrogen-bond donors (Lipinski definition) is 0. The van der Waals surface area contributed by atoms with Crippen LogP contribution >= 0.6 is 11.6 Å². The van der Waals surface area contributed by atoms with Gasteiger partial charge >= 0.3 is 5.63 Å². The molecular weight excluding hydrogens is 348 g/mol. The summed E-state index contributed by atoms with van der Waals surface area (Å²) in [5, 5.41) is 4.04. The third-order valence-corrected chi connectivity index (χ3v) is 5.08. The molecule has 4 heteroatoms. The van der Waals surface area contributed by atoms with E-state index < -0.39 is 0 Å². The van der Waals surface area contributed by atoms with Crippen molar-refractivity contribution in [3.05, 3.63) is 81.9 Å². The molecule has 3 nitrogen and oxygen atoms in total. The molecule has 0 aliphatic rings. The van der Waals surface area contributed by atoms with Crippen molar-refractivity contribution < 1.29 is 8.83 Å². The van der Waals surface area contributed by atoms with E-state index in [9.17, 15) is 4.79 Å². The lowest BCUT2D eigenvalue weighted by Crippen LogP contribution is -2.00. The van der Waals surface area contributed by atoms with E-state index in [4.69, 9.17) is 20.4 Å². The van der Waals surface area contributed by atoms with Gasteiger partial charge in [-0.1, -0.05) is 41.9 Å². The Kier molecular flexibility index (Phi) is 3.21. The van der Waals surface area contributed by atoms with Gasteiger partial charge in [0.2, 0.25) is 0 Å². The number of fused-ring (bicyclic) bond motifs is 4. The van der Waals surface area contributed by atoms with Crippen molar-refractivity contribution in [2.45, 2.75) is 6.92 Å². The molecule has 0 aliphatic heterocycles. The molecular formula is C22H13ClO3. The fourth-order valence-corrected chi connectivity index (χ4v) is 3.67. The summed E-state index contributed by atoms with van der Waals surface area (Å²) in [6, 6.07) is 17.2. The van der Waals surface area contributed by atoms with Crippen LogP contribution in [-0.2, 0) is 0 Å². The van der Waals surface area contributed by atoms with E-state index in [0.29, 0.717) is 16.0 Å². The highest BCUT2D eigenvalue weighted by Crippen LogP contribution is 2.38. The normalized spacial score (nSPS) is 11.6. The zero-order valence-corrected chi connectivity index (χ0v) is 14.6. The molecule has 0 unspecified atom stereocenters. The molecule has 0 fully saturated rings. The number of rotatable bonds is 1. The van der Waals surface area contributed by atoms with Crippen molar-refractivity contribution in [3.63, 3.8) is 0 Å². The van der Waals surface area contributed by atoms with E-state index in [2.05, 4.69) is 0 Å². The molecule has 3 aromatic carbocycles. The fraction of sp³-hybridized carbons (Fsp3) is 0.0455. The number of hydrogen-bond acceptors (Lipinski definition) is 3. The van der Waals surface area contributed by atoms with Gasteiger partial charge in [0, 0.05) is 26.9 Å². The van der Waals surface area contributed by atoms with Crippen LogP contribution in [-0.4, -0.2) is 0 Å². The van der Waals surface area contributed by atoms with E-state index in [0.717, 1.165) is 38.4 Å². The van der Waals surface area contributed by atoms with Gasteiger partial charge in [0.15, 0.2) is 0 Å². The van der Waals surface area contributed by atoms with E-state index >= 15 is 0 Å². The summed E-state index contributed by atoms with van der Waals surface area (Å²) >= 11 is 6.01. The van der Waals surface area contributed by atoms with Crippen LogP contribution in [0.4, 0.5) is 0 Å². The Bertz CT molecular complexity index is 1360.